The molecule has 4 heterocycles. The number of nitro benzene ring substituents is 1. The van der Waals surface area contributed by atoms with Gasteiger partial charge in [-0.3, -0.25) is 29.0 Å². The summed E-state index contributed by atoms with van der Waals surface area (Å²) < 4.78 is 31.5. The van der Waals surface area contributed by atoms with E-state index in [1.165, 1.54) is 23.8 Å². The first-order valence-corrected chi connectivity index (χ1v) is 20.7. The van der Waals surface area contributed by atoms with Gasteiger partial charge < -0.3 is 23.6 Å². The lowest BCUT2D eigenvalue weighted by molar-refractivity contribution is -0.385. The fourth-order valence-corrected chi connectivity index (χ4v) is 10.8. The van der Waals surface area contributed by atoms with Crippen molar-refractivity contribution in [2.24, 2.45) is 5.92 Å². The van der Waals surface area contributed by atoms with Crippen LogP contribution in [-0.4, -0.2) is 63.7 Å². The van der Waals surface area contributed by atoms with Crippen LogP contribution in [0.15, 0.2) is 102 Å². The number of hydrogen-bond acceptors (Lipinski definition) is 9. The summed E-state index contributed by atoms with van der Waals surface area (Å²) in [4.78, 5) is 40.7. The Bertz CT molecular complexity index is 2240. The number of nitrogens with zero attached hydrogens (tertiary/aromatic N) is 6. The Morgan fingerprint density at radius 2 is 1.81 bits per heavy atom. The number of aromatic nitrogens is 4. The van der Waals surface area contributed by atoms with Gasteiger partial charge in [-0.2, -0.15) is 0 Å². The number of carbonyl (C=O) groups is 1. The summed E-state index contributed by atoms with van der Waals surface area (Å²) in [5.74, 6) is -1.24. The highest BCUT2D eigenvalue weighted by molar-refractivity contribution is 6.72. The van der Waals surface area contributed by atoms with Gasteiger partial charge in [0.25, 0.3) is 17.2 Å². The molecular formula is C39H41FN6O7Si. The SMILES string of the molecule is COc1cccn(-c2ccc(CN3C(=O)[C@@]4(O[C@@H](CCn5cc(C(CO)c6ccccc6)nn5)[C@H]([Si](C)(C)F)[C@H]4C)c4cc([N+](=O)[O-])ccc43)cc2)c1=O. The molecule has 2 aromatic heterocycles. The maximum Gasteiger partial charge on any atom is 0.297 e. The van der Waals surface area contributed by atoms with Gasteiger partial charge >= 0.3 is 0 Å². The van der Waals surface area contributed by atoms with E-state index in [2.05, 4.69) is 10.3 Å². The Balaban J connectivity index is 1.19. The lowest BCUT2D eigenvalue weighted by Crippen LogP contribution is -2.45. The molecule has 3 aromatic carbocycles. The summed E-state index contributed by atoms with van der Waals surface area (Å²) in [5, 5.41) is 30.8. The van der Waals surface area contributed by atoms with Crippen molar-refractivity contribution in [3.8, 4) is 11.4 Å². The van der Waals surface area contributed by atoms with E-state index in [0.717, 1.165) is 11.1 Å². The largest absolute Gasteiger partial charge is 0.491 e. The van der Waals surface area contributed by atoms with Gasteiger partial charge in [0.2, 0.25) is 8.41 Å². The molecule has 1 N–H and O–H groups in total. The molecule has 7 rings (SSSR count). The number of carbonyl (C=O) groups excluding carboxylic acids is 1. The first kappa shape index (κ1) is 36.8. The number of amides is 1. The highest BCUT2D eigenvalue weighted by atomic mass is 28.4. The number of fused-ring (bicyclic) bond motifs is 2. The van der Waals surface area contributed by atoms with Crippen LogP contribution in [0.4, 0.5) is 15.5 Å². The number of aliphatic hydroxyl groups is 1. The number of non-ortho nitro benzene ring substituents is 1. The predicted octanol–water partition coefficient (Wildman–Crippen LogP) is 5.88. The average molecular weight is 753 g/mol. The van der Waals surface area contributed by atoms with Gasteiger partial charge in [-0.05, 0) is 61.0 Å². The minimum absolute atomic E-state index is 0.107. The van der Waals surface area contributed by atoms with Crippen molar-refractivity contribution in [3.05, 3.63) is 140 Å². The van der Waals surface area contributed by atoms with Crippen molar-refractivity contribution in [3.63, 3.8) is 0 Å². The molecule has 1 amide bonds. The Morgan fingerprint density at radius 3 is 2.48 bits per heavy atom. The number of aryl methyl sites for hydroxylation is 1. The molecule has 0 bridgehead atoms. The van der Waals surface area contributed by atoms with E-state index in [1.54, 1.807) is 77.5 Å². The van der Waals surface area contributed by atoms with Crippen LogP contribution in [0.2, 0.25) is 18.6 Å². The second kappa shape index (κ2) is 14.4. The van der Waals surface area contributed by atoms with Gasteiger partial charge in [-0.1, -0.05) is 54.6 Å². The molecular weight excluding hydrogens is 712 g/mol. The van der Waals surface area contributed by atoms with Crippen LogP contribution < -0.4 is 15.2 Å². The second-order valence-corrected chi connectivity index (χ2v) is 18.2. The fourth-order valence-electron chi connectivity index (χ4n) is 8.25. The topological polar surface area (TPSA) is 155 Å². The summed E-state index contributed by atoms with van der Waals surface area (Å²) in [6.07, 6.45) is 2.99. The number of methoxy groups -OCH3 is 1. The number of halogens is 1. The van der Waals surface area contributed by atoms with Gasteiger partial charge in [0.1, 0.15) is 0 Å². The molecule has 0 aliphatic carbocycles. The molecule has 2 aliphatic rings. The van der Waals surface area contributed by atoms with Crippen molar-refractivity contribution in [1.82, 2.24) is 19.6 Å². The molecule has 280 valence electrons. The van der Waals surface area contributed by atoms with Crippen LogP contribution in [0.25, 0.3) is 5.69 Å². The molecule has 0 saturated carbocycles. The molecule has 13 nitrogen and oxygen atoms in total. The number of rotatable bonds is 12. The quantitative estimate of drug-likeness (QED) is 0.0712. The smallest absolute Gasteiger partial charge is 0.297 e. The van der Waals surface area contributed by atoms with E-state index in [1.807, 2.05) is 37.3 Å². The molecule has 1 spiro atoms. The highest BCUT2D eigenvalue weighted by Gasteiger charge is 2.66. The predicted molar refractivity (Wildman–Crippen MR) is 201 cm³/mol. The average Bonchev–Trinajstić information content (AvgIpc) is 3.82. The maximum absolute atomic E-state index is 16.4. The molecule has 5 atom stereocenters. The lowest BCUT2D eigenvalue weighted by Gasteiger charge is -2.31. The minimum atomic E-state index is -3.52. The third-order valence-electron chi connectivity index (χ3n) is 10.8. The molecule has 2 aliphatic heterocycles. The Morgan fingerprint density at radius 1 is 1.07 bits per heavy atom. The number of anilines is 1. The van der Waals surface area contributed by atoms with Crippen LogP contribution in [0.3, 0.4) is 0 Å². The van der Waals surface area contributed by atoms with Gasteiger partial charge in [-0.25, -0.2) is 0 Å². The molecule has 1 fully saturated rings. The molecule has 1 saturated heterocycles. The van der Waals surface area contributed by atoms with Crippen LogP contribution >= 0.6 is 0 Å². The van der Waals surface area contributed by atoms with Crippen LogP contribution in [0.1, 0.15) is 41.6 Å². The Kier molecular flexibility index (Phi) is 9.81. The third-order valence-corrected chi connectivity index (χ3v) is 13.2. The van der Waals surface area contributed by atoms with Crippen molar-refractivity contribution in [2.45, 2.75) is 62.7 Å². The van der Waals surface area contributed by atoms with E-state index < -0.39 is 42.4 Å². The van der Waals surface area contributed by atoms with Crippen molar-refractivity contribution in [2.75, 3.05) is 18.6 Å². The molecule has 54 heavy (non-hydrogen) atoms. The summed E-state index contributed by atoms with van der Waals surface area (Å²) in [6.45, 7) is 5.26. The van der Waals surface area contributed by atoms with E-state index in [-0.39, 0.29) is 36.1 Å². The Hall–Kier alpha value is -5.51. The molecule has 5 aromatic rings. The van der Waals surface area contributed by atoms with Gasteiger partial charge in [-0.15, -0.1) is 5.10 Å². The van der Waals surface area contributed by atoms with E-state index >= 15 is 4.11 Å². The monoisotopic (exact) mass is 752 g/mol. The second-order valence-electron chi connectivity index (χ2n) is 14.4. The number of hydrogen-bond donors (Lipinski definition) is 1. The fraction of sp³-hybridized carbons (Fsp3) is 0.333. The third kappa shape index (κ3) is 6.41. The van der Waals surface area contributed by atoms with Crippen molar-refractivity contribution < 1.29 is 28.4 Å². The van der Waals surface area contributed by atoms with Crippen LogP contribution in [0.5, 0.6) is 5.75 Å². The molecule has 1 unspecified atom stereocenters. The van der Waals surface area contributed by atoms with Gasteiger partial charge in [0.15, 0.2) is 11.4 Å². The van der Waals surface area contributed by atoms with E-state index in [0.29, 0.717) is 35.6 Å². The maximum atomic E-state index is 16.4. The van der Waals surface area contributed by atoms with Gasteiger partial charge in [0.05, 0.1) is 48.6 Å². The highest BCUT2D eigenvalue weighted by Crippen LogP contribution is 2.60. The first-order chi connectivity index (χ1) is 25.9. The zero-order valence-corrected chi connectivity index (χ0v) is 31.3. The molecule has 15 heteroatoms. The van der Waals surface area contributed by atoms with E-state index in [9.17, 15) is 24.8 Å². The number of ether oxygens (including phenoxy) is 2. The first-order valence-electron chi connectivity index (χ1n) is 17.8. The Labute approximate surface area is 311 Å². The number of nitro groups is 1. The normalized spacial score (nSPS) is 21.4. The van der Waals surface area contributed by atoms with Gasteiger partial charge in [0, 0.05) is 53.8 Å². The van der Waals surface area contributed by atoms with Crippen LogP contribution in [-0.2, 0) is 28.2 Å². The van der Waals surface area contributed by atoms with Crippen molar-refractivity contribution >= 4 is 25.7 Å². The number of pyridine rings is 1. The minimum Gasteiger partial charge on any atom is -0.491 e. The lowest BCUT2D eigenvalue weighted by atomic mass is 9.82. The zero-order chi connectivity index (χ0) is 38.4. The summed E-state index contributed by atoms with van der Waals surface area (Å²) in [6, 6.07) is 24.2. The molecule has 0 radical (unpaired) electrons. The number of aliphatic hydroxyl groups excluding tert-OH is 1. The summed E-state index contributed by atoms with van der Waals surface area (Å²) in [5.41, 5.74) is 0.810. The summed E-state index contributed by atoms with van der Waals surface area (Å²) in [7, 11) is -2.09. The van der Waals surface area contributed by atoms with Crippen molar-refractivity contribution in [1.29, 1.82) is 0 Å². The summed E-state index contributed by atoms with van der Waals surface area (Å²) >= 11 is 0. The number of benzene rings is 3. The van der Waals surface area contributed by atoms with E-state index in [4.69, 9.17) is 9.47 Å². The standard InChI is InChI=1S/C39H41FN6O7Si/c1-25-36(54(3,4)40)34(18-20-43-23-32(41-42-43)30(24-47)27-9-6-5-7-10-27)53-39(25)31-21-29(46(50)51)16-17-33(31)45(38(39)49)22-26-12-14-28(15-13-26)44-19-8-11-35(52-2)37(44)48/h5-17,19,21,23,25,30,34,36,47H,18,20,22,24H2,1-4H3/t25-,30?,34+,36-,39+/m1/s1. The van der Waals surface area contributed by atoms with Crippen LogP contribution in [0, 0.1) is 16.0 Å². The zero-order valence-electron chi connectivity index (χ0n) is 30.3.